The molecule has 2 aromatic rings. The zero-order valence-corrected chi connectivity index (χ0v) is 12.2. The average molecular weight is 287 g/mol. The smallest absolute Gasteiger partial charge is 0.225 e. The van der Waals surface area contributed by atoms with Crippen molar-refractivity contribution in [1.82, 2.24) is 14.8 Å². The van der Waals surface area contributed by atoms with Gasteiger partial charge in [0, 0.05) is 18.2 Å². The number of anilines is 1. The van der Waals surface area contributed by atoms with Gasteiger partial charge in [0.05, 0.1) is 6.54 Å². The first-order chi connectivity index (χ1) is 10.2. The van der Waals surface area contributed by atoms with Crippen LogP contribution in [0.15, 0.2) is 36.9 Å². The van der Waals surface area contributed by atoms with E-state index in [4.69, 9.17) is 5.73 Å². The monoisotopic (exact) mass is 287 g/mol. The lowest BCUT2D eigenvalue weighted by Crippen LogP contribution is -2.26. The van der Waals surface area contributed by atoms with Crippen molar-refractivity contribution in [3.63, 3.8) is 0 Å². The van der Waals surface area contributed by atoms with Crippen molar-refractivity contribution in [2.45, 2.75) is 38.8 Å². The highest BCUT2D eigenvalue weighted by Gasteiger charge is 2.09. The van der Waals surface area contributed by atoms with Crippen molar-refractivity contribution < 1.29 is 4.79 Å². The van der Waals surface area contributed by atoms with Crippen molar-refractivity contribution >= 4 is 11.6 Å². The summed E-state index contributed by atoms with van der Waals surface area (Å²) in [6, 6.07) is 7.63. The number of benzene rings is 1. The topological polar surface area (TPSA) is 85.8 Å². The molecular formula is C15H21N5O. The molecule has 0 bridgehead atoms. The Morgan fingerprint density at radius 3 is 3.05 bits per heavy atom. The molecule has 0 aliphatic rings. The molecule has 0 saturated carbocycles. The van der Waals surface area contributed by atoms with E-state index in [1.807, 2.05) is 24.3 Å². The Kier molecular flexibility index (Phi) is 5.45. The Balaban J connectivity index is 1.93. The highest BCUT2D eigenvalue weighted by molar-refractivity contribution is 5.91. The minimum Gasteiger partial charge on any atom is -0.327 e. The third-order valence-corrected chi connectivity index (χ3v) is 3.13. The molecule has 1 amide bonds. The fourth-order valence-corrected chi connectivity index (χ4v) is 2.17. The second-order valence-electron chi connectivity index (χ2n) is 5.09. The molecule has 6 heteroatoms. The summed E-state index contributed by atoms with van der Waals surface area (Å²) in [7, 11) is 0. The van der Waals surface area contributed by atoms with Gasteiger partial charge in [-0.1, -0.05) is 25.5 Å². The normalized spacial score (nSPS) is 12.1. The number of hydrogen-bond donors (Lipinski definition) is 2. The maximum absolute atomic E-state index is 11.9. The van der Waals surface area contributed by atoms with Crippen LogP contribution in [-0.2, 0) is 11.3 Å². The Hall–Kier alpha value is -2.21. The van der Waals surface area contributed by atoms with E-state index in [2.05, 4.69) is 22.3 Å². The van der Waals surface area contributed by atoms with Crippen LogP contribution in [0.4, 0.5) is 5.69 Å². The van der Waals surface area contributed by atoms with E-state index in [9.17, 15) is 4.79 Å². The molecular weight excluding hydrogens is 266 g/mol. The molecule has 6 nitrogen and oxygen atoms in total. The summed E-state index contributed by atoms with van der Waals surface area (Å²) >= 11 is 0. The van der Waals surface area contributed by atoms with E-state index in [1.165, 1.54) is 6.33 Å². The third kappa shape index (κ3) is 5.00. The van der Waals surface area contributed by atoms with Gasteiger partial charge in [-0.15, -0.1) is 0 Å². The molecule has 0 aliphatic carbocycles. The first-order valence-electron chi connectivity index (χ1n) is 7.14. The third-order valence-electron chi connectivity index (χ3n) is 3.13. The summed E-state index contributed by atoms with van der Waals surface area (Å²) in [4.78, 5) is 15.8. The zero-order valence-electron chi connectivity index (χ0n) is 12.2. The second kappa shape index (κ2) is 7.54. The quantitative estimate of drug-likeness (QED) is 0.813. The highest BCUT2D eigenvalue weighted by Crippen LogP contribution is 2.12. The number of nitrogens with one attached hydrogen (secondary N) is 1. The Morgan fingerprint density at radius 2 is 2.33 bits per heavy atom. The van der Waals surface area contributed by atoms with Crippen LogP contribution in [0.3, 0.4) is 0 Å². The molecule has 1 unspecified atom stereocenters. The van der Waals surface area contributed by atoms with E-state index in [0.717, 1.165) is 24.1 Å². The van der Waals surface area contributed by atoms with Gasteiger partial charge in [-0.05, 0) is 24.1 Å². The molecule has 1 aromatic carbocycles. The van der Waals surface area contributed by atoms with Gasteiger partial charge in [0.15, 0.2) is 0 Å². The van der Waals surface area contributed by atoms with E-state index >= 15 is 0 Å². The number of carbonyl (C=O) groups excluding carboxylic acids is 1. The predicted octanol–water partition coefficient (Wildman–Crippen LogP) is 1.78. The van der Waals surface area contributed by atoms with Crippen LogP contribution in [0.1, 0.15) is 31.7 Å². The summed E-state index contributed by atoms with van der Waals surface area (Å²) in [5.74, 6) is -0.0474. The van der Waals surface area contributed by atoms with Crippen LogP contribution in [0, 0.1) is 0 Å². The first-order valence-corrected chi connectivity index (χ1v) is 7.14. The van der Waals surface area contributed by atoms with Crippen LogP contribution in [0.25, 0.3) is 0 Å². The predicted molar refractivity (Wildman–Crippen MR) is 81.7 cm³/mol. The zero-order chi connectivity index (χ0) is 15.1. The van der Waals surface area contributed by atoms with Gasteiger partial charge in [-0.25, -0.2) is 9.67 Å². The maximum Gasteiger partial charge on any atom is 0.225 e. The van der Waals surface area contributed by atoms with Crippen molar-refractivity contribution in [2.24, 2.45) is 5.73 Å². The van der Waals surface area contributed by atoms with Crippen molar-refractivity contribution in [3.8, 4) is 0 Å². The fourth-order valence-electron chi connectivity index (χ4n) is 2.17. The van der Waals surface area contributed by atoms with E-state index in [1.54, 1.807) is 11.0 Å². The van der Waals surface area contributed by atoms with E-state index < -0.39 is 0 Å². The highest BCUT2D eigenvalue weighted by atomic mass is 16.1. The van der Waals surface area contributed by atoms with Crippen LogP contribution < -0.4 is 11.1 Å². The van der Waals surface area contributed by atoms with E-state index in [-0.39, 0.29) is 11.9 Å². The van der Waals surface area contributed by atoms with Crippen molar-refractivity contribution in [3.05, 3.63) is 42.5 Å². The molecule has 1 aromatic heterocycles. The van der Waals surface area contributed by atoms with Gasteiger partial charge in [0.25, 0.3) is 0 Å². The van der Waals surface area contributed by atoms with Crippen molar-refractivity contribution in [2.75, 3.05) is 5.32 Å². The summed E-state index contributed by atoms with van der Waals surface area (Å²) in [6.07, 6.45) is 5.36. The standard InChI is InChI=1S/C15H21N5O/c1-2-4-13(16)8-15(21)19-14-6-3-5-12(7-14)9-20-11-17-10-18-20/h3,5-7,10-11,13H,2,4,8-9,16H2,1H3,(H,19,21). The molecule has 21 heavy (non-hydrogen) atoms. The summed E-state index contributed by atoms with van der Waals surface area (Å²) in [6.45, 7) is 2.68. The molecule has 1 heterocycles. The molecule has 0 aliphatic heterocycles. The summed E-state index contributed by atoms with van der Waals surface area (Å²) in [5, 5.41) is 6.95. The molecule has 0 fully saturated rings. The second-order valence-corrected chi connectivity index (χ2v) is 5.09. The summed E-state index contributed by atoms with van der Waals surface area (Å²) < 4.78 is 1.73. The number of rotatable bonds is 7. The van der Waals surface area contributed by atoms with Gasteiger partial charge >= 0.3 is 0 Å². The van der Waals surface area contributed by atoms with Gasteiger partial charge in [-0.2, -0.15) is 5.10 Å². The van der Waals surface area contributed by atoms with Gasteiger partial charge in [0.2, 0.25) is 5.91 Å². The molecule has 0 spiro atoms. The van der Waals surface area contributed by atoms with Crippen LogP contribution >= 0.6 is 0 Å². The number of hydrogen-bond acceptors (Lipinski definition) is 4. The lowest BCUT2D eigenvalue weighted by molar-refractivity contribution is -0.116. The van der Waals surface area contributed by atoms with Crippen molar-refractivity contribution in [1.29, 1.82) is 0 Å². The van der Waals surface area contributed by atoms with Gasteiger partial charge in [-0.3, -0.25) is 4.79 Å². The van der Waals surface area contributed by atoms with Gasteiger partial charge < -0.3 is 11.1 Å². The Bertz CT molecular complexity index is 567. The number of amides is 1. The number of nitrogens with zero attached hydrogens (tertiary/aromatic N) is 3. The molecule has 112 valence electrons. The largest absolute Gasteiger partial charge is 0.327 e. The summed E-state index contributed by atoms with van der Waals surface area (Å²) in [5.41, 5.74) is 7.71. The van der Waals surface area contributed by atoms with Crippen LogP contribution in [0.2, 0.25) is 0 Å². The Labute approximate surface area is 124 Å². The SMILES string of the molecule is CCCC(N)CC(=O)Nc1cccc(Cn2cncn2)c1. The fraction of sp³-hybridized carbons (Fsp3) is 0.400. The average Bonchev–Trinajstić information content (AvgIpc) is 2.92. The maximum atomic E-state index is 11.9. The van der Waals surface area contributed by atoms with Crippen LogP contribution in [0.5, 0.6) is 0 Å². The molecule has 3 N–H and O–H groups in total. The van der Waals surface area contributed by atoms with Crippen LogP contribution in [-0.4, -0.2) is 26.7 Å². The number of nitrogens with two attached hydrogens (primary N) is 1. The molecule has 0 radical (unpaired) electrons. The molecule has 0 saturated heterocycles. The number of carbonyl (C=O) groups is 1. The first kappa shape index (κ1) is 15.2. The van der Waals surface area contributed by atoms with E-state index in [0.29, 0.717) is 13.0 Å². The molecule has 2 rings (SSSR count). The minimum absolute atomic E-state index is 0.0474. The minimum atomic E-state index is -0.0756. The molecule has 1 atom stereocenters. The number of aromatic nitrogens is 3. The lowest BCUT2D eigenvalue weighted by atomic mass is 10.1. The lowest BCUT2D eigenvalue weighted by Gasteiger charge is -2.11. The Morgan fingerprint density at radius 1 is 1.48 bits per heavy atom. The van der Waals surface area contributed by atoms with Gasteiger partial charge in [0.1, 0.15) is 12.7 Å².